The third kappa shape index (κ3) is 3.59. The van der Waals surface area contributed by atoms with Crippen LogP contribution in [0.1, 0.15) is 23.0 Å². The van der Waals surface area contributed by atoms with Crippen molar-refractivity contribution in [2.24, 2.45) is 0 Å². The molecule has 3 rings (SSSR count). The van der Waals surface area contributed by atoms with E-state index in [4.69, 9.17) is 11.6 Å². The van der Waals surface area contributed by atoms with Crippen LogP contribution >= 0.6 is 11.6 Å². The van der Waals surface area contributed by atoms with E-state index in [0.29, 0.717) is 6.04 Å². The van der Waals surface area contributed by atoms with E-state index in [1.807, 2.05) is 37.5 Å². The molecule has 21 heavy (non-hydrogen) atoms. The van der Waals surface area contributed by atoms with Gasteiger partial charge in [-0.2, -0.15) is 0 Å². The maximum absolute atomic E-state index is 6.13. The molecule has 1 N–H and O–H groups in total. The summed E-state index contributed by atoms with van der Waals surface area (Å²) in [6, 6.07) is 8.43. The molecule has 0 bridgehead atoms. The van der Waals surface area contributed by atoms with Crippen LogP contribution in [0.4, 0.5) is 0 Å². The number of aromatic nitrogens is 2. The number of aryl methyl sites for hydroxylation is 1. The van der Waals surface area contributed by atoms with Crippen molar-refractivity contribution in [3.8, 4) is 0 Å². The summed E-state index contributed by atoms with van der Waals surface area (Å²) in [5.74, 6) is 0. The minimum atomic E-state index is 0.320. The highest BCUT2D eigenvalue weighted by molar-refractivity contribution is 6.30. The van der Waals surface area contributed by atoms with Crippen molar-refractivity contribution in [1.29, 1.82) is 0 Å². The average molecular weight is 303 g/mol. The molecule has 0 saturated carbocycles. The Morgan fingerprint density at radius 3 is 3.00 bits per heavy atom. The average Bonchev–Trinajstić information content (AvgIpc) is 2.50. The number of hydrogen-bond donors (Lipinski definition) is 1. The first-order valence-corrected chi connectivity index (χ1v) is 7.58. The van der Waals surface area contributed by atoms with Gasteiger partial charge in [-0.1, -0.05) is 23.7 Å². The highest BCUT2D eigenvalue weighted by atomic mass is 35.5. The molecule has 0 spiro atoms. The monoisotopic (exact) mass is 302 g/mol. The van der Waals surface area contributed by atoms with Gasteiger partial charge in [-0.25, -0.2) is 0 Å². The zero-order chi connectivity index (χ0) is 14.7. The molecule has 110 valence electrons. The normalized spacial score (nSPS) is 19.6. The van der Waals surface area contributed by atoms with Gasteiger partial charge in [0.1, 0.15) is 0 Å². The SMILES string of the molecule is Cc1cnc(CN2CCNCC2c2cccc(Cl)c2)cn1. The summed E-state index contributed by atoms with van der Waals surface area (Å²) in [7, 11) is 0. The fourth-order valence-electron chi connectivity index (χ4n) is 2.69. The summed E-state index contributed by atoms with van der Waals surface area (Å²) < 4.78 is 0. The number of benzene rings is 1. The lowest BCUT2D eigenvalue weighted by molar-refractivity contribution is 0.152. The minimum absolute atomic E-state index is 0.320. The topological polar surface area (TPSA) is 41.1 Å². The highest BCUT2D eigenvalue weighted by Gasteiger charge is 2.24. The first kappa shape index (κ1) is 14.4. The van der Waals surface area contributed by atoms with Gasteiger partial charge in [0.05, 0.1) is 11.4 Å². The van der Waals surface area contributed by atoms with Gasteiger partial charge in [-0.15, -0.1) is 0 Å². The summed E-state index contributed by atoms with van der Waals surface area (Å²) in [6.45, 7) is 5.69. The maximum Gasteiger partial charge on any atom is 0.0727 e. The van der Waals surface area contributed by atoms with Crippen LogP contribution in [0.2, 0.25) is 5.02 Å². The molecule has 2 aromatic rings. The lowest BCUT2D eigenvalue weighted by Crippen LogP contribution is -2.45. The van der Waals surface area contributed by atoms with Crippen molar-refractivity contribution >= 4 is 11.6 Å². The van der Waals surface area contributed by atoms with Crippen molar-refractivity contribution in [3.05, 3.63) is 58.6 Å². The molecule has 1 aromatic heterocycles. The summed E-state index contributed by atoms with van der Waals surface area (Å²) >= 11 is 6.13. The number of nitrogens with one attached hydrogen (secondary N) is 1. The smallest absolute Gasteiger partial charge is 0.0727 e. The molecule has 0 aliphatic carbocycles. The second-order valence-electron chi connectivity index (χ2n) is 5.39. The van der Waals surface area contributed by atoms with Crippen LogP contribution in [0, 0.1) is 6.92 Å². The van der Waals surface area contributed by atoms with Crippen LogP contribution < -0.4 is 5.32 Å². The molecule has 1 unspecified atom stereocenters. The summed E-state index contributed by atoms with van der Waals surface area (Å²) in [5.41, 5.74) is 3.20. The van der Waals surface area contributed by atoms with Crippen molar-refractivity contribution in [3.63, 3.8) is 0 Å². The van der Waals surface area contributed by atoms with Crippen LogP contribution in [0.15, 0.2) is 36.7 Å². The number of piperazine rings is 1. The largest absolute Gasteiger partial charge is 0.314 e. The Hall–Kier alpha value is -1.49. The molecule has 0 amide bonds. The van der Waals surface area contributed by atoms with E-state index in [1.54, 1.807) is 0 Å². The fraction of sp³-hybridized carbons (Fsp3) is 0.375. The van der Waals surface area contributed by atoms with Crippen LogP contribution in [0.3, 0.4) is 0 Å². The standard InChI is InChI=1S/C16H19ClN4/c1-12-8-20-15(9-19-12)11-21-6-5-18-10-16(21)13-3-2-4-14(17)7-13/h2-4,7-9,16,18H,5-6,10-11H2,1H3. The molecule has 1 aliphatic heterocycles. The predicted molar refractivity (Wildman–Crippen MR) is 84.2 cm³/mol. The first-order chi connectivity index (χ1) is 10.2. The fourth-order valence-corrected chi connectivity index (χ4v) is 2.89. The molecule has 1 aliphatic rings. The summed E-state index contributed by atoms with van der Waals surface area (Å²) in [6.07, 6.45) is 3.69. The minimum Gasteiger partial charge on any atom is -0.314 e. The van der Waals surface area contributed by atoms with E-state index >= 15 is 0 Å². The summed E-state index contributed by atoms with van der Waals surface area (Å²) in [5, 5.41) is 4.24. The van der Waals surface area contributed by atoms with Gasteiger partial charge < -0.3 is 5.32 Å². The zero-order valence-electron chi connectivity index (χ0n) is 12.1. The lowest BCUT2D eigenvalue weighted by atomic mass is 10.0. The highest BCUT2D eigenvalue weighted by Crippen LogP contribution is 2.25. The van der Waals surface area contributed by atoms with Gasteiger partial charge in [0.15, 0.2) is 0 Å². The second kappa shape index (κ2) is 6.52. The Labute approximate surface area is 130 Å². The number of halogens is 1. The van der Waals surface area contributed by atoms with Gasteiger partial charge in [-0.3, -0.25) is 14.9 Å². The molecule has 5 heteroatoms. The van der Waals surface area contributed by atoms with Gasteiger partial charge in [-0.05, 0) is 24.6 Å². The van der Waals surface area contributed by atoms with Crippen LogP contribution in [0.25, 0.3) is 0 Å². The van der Waals surface area contributed by atoms with Crippen LogP contribution in [0.5, 0.6) is 0 Å². The van der Waals surface area contributed by atoms with E-state index in [2.05, 4.69) is 26.3 Å². The van der Waals surface area contributed by atoms with Gasteiger partial charge in [0.25, 0.3) is 0 Å². The van der Waals surface area contributed by atoms with Gasteiger partial charge >= 0.3 is 0 Å². The molecular formula is C16H19ClN4. The molecule has 0 radical (unpaired) electrons. The Balaban J connectivity index is 1.79. The lowest BCUT2D eigenvalue weighted by Gasteiger charge is -2.36. The Bertz CT molecular complexity index is 599. The van der Waals surface area contributed by atoms with Gasteiger partial charge in [0.2, 0.25) is 0 Å². The van der Waals surface area contributed by atoms with Crippen molar-refractivity contribution in [2.75, 3.05) is 19.6 Å². The van der Waals surface area contributed by atoms with Crippen molar-refractivity contribution < 1.29 is 0 Å². The molecule has 1 saturated heterocycles. The molecule has 1 fully saturated rings. The van der Waals surface area contributed by atoms with E-state index < -0.39 is 0 Å². The predicted octanol–water partition coefficient (Wildman–Crippen LogP) is 2.58. The number of rotatable bonds is 3. The van der Waals surface area contributed by atoms with E-state index in [9.17, 15) is 0 Å². The maximum atomic E-state index is 6.13. The van der Waals surface area contributed by atoms with Crippen molar-refractivity contribution in [1.82, 2.24) is 20.2 Å². The van der Waals surface area contributed by atoms with E-state index in [1.165, 1.54) is 5.56 Å². The third-order valence-electron chi connectivity index (χ3n) is 3.79. The van der Waals surface area contributed by atoms with E-state index in [0.717, 1.165) is 42.6 Å². The summed E-state index contributed by atoms with van der Waals surface area (Å²) in [4.78, 5) is 11.2. The second-order valence-corrected chi connectivity index (χ2v) is 5.83. The quantitative estimate of drug-likeness (QED) is 0.946. The van der Waals surface area contributed by atoms with Gasteiger partial charge in [0, 0.05) is 49.6 Å². The number of nitrogens with zero attached hydrogens (tertiary/aromatic N) is 3. The molecule has 2 heterocycles. The molecule has 4 nitrogen and oxygen atoms in total. The van der Waals surface area contributed by atoms with Crippen molar-refractivity contribution in [2.45, 2.75) is 19.5 Å². The third-order valence-corrected chi connectivity index (χ3v) is 4.02. The van der Waals surface area contributed by atoms with Crippen LogP contribution in [-0.4, -0.2) is 34.5 Å². The number of hydrogen-bond acceptors (Lipinski definition) is 4. The Kier molecular flexibility index (Phi) is 4.48. The zero-order valence-corrected chi connectivity index (χ0v) is 12.8. The van der Waals surface area contributed by atoms with Crippen LogP contribution in [-0.2, 0) is 6.54 Å². The molecule has 1 atom stereocenters. The molecule has 1 aromatic carbocycles. The molecular weight excluding hydrogens is 284 g/mol. The van der Waals surface area contributed by atoms with E-state index in [-0.39, 0.29) is 0 Å². The first-order valence-electron chi connectivity index (χ1n) is 7.20. The Morgan fingerprint density at radius 2 is 2.24 bits per heavy atom. The Morgan fingerprint density at radius 1 is 1.33 bits per heavy atom.